The molecule has 0 amide bonds. The molecule has 0 aromatic carbocycles. The van der Waals surface area contributed by atoms with Gasteiger partial charge in [0.25, 0.3) is 10.0 Å². The number of hydrogen-bond donors (Lipinski definition) is 0. The summed E-state index contributed by atoms with van der Waals surface area (Å²) in [6.07, 6.45) is 0.986. The first kappa shape index (κ1) is 15.2. The molecule has 0 atom stereocenters. The van der Waals surface area contributed by atoms with Gasteiger partial charge in [-0.3, -0.25) is 4.90 Å². The molecule has 1 aliphatic heterocycles. The van der Waals surface area contributed by atoms with Crippen LogP contribution in [0.2, 0.25) is 4.34 Å². The molecule has 0 bridgehead atoms. The van der Waals surface area contributed by atoms with Crippen molar-refractivity contribution in [1.82, 2.24) is 4.90 Å². The van der Waals surface area contributed by atoms with Gasteiger partial charge in [-0.1, -0.05) is 11.6 Å². The highest BCUT2D eigenvalue weighted by molar-refractivity contribution is 8.03. The standard InChI is InChI=1S/C10H15ClN2O3S3/c1-18(14,15)12-19(16)6-4-13(5-7-19)8-9-2-3-10(11)17-9/h2-3H,4-8H2,1H3. The molecule has 2 heterocycles. The molecule has 0 radical (unpaired) electrons. The van der Waals surface area contributed by atoms with E-state index in [0.29, 0.717) is 24.6 Å². The summed E-state index contributed by atoms with van der Waals surface area (Å²) < 4.78 is 38.7. The van der Waals surface area contributed by atoms with Crippen LogP contribution < -0.4 is 0 Å². The third kappa shape index (κ3) is 4.71. The van der Waals surface area contributed by atoms with Crippen molar-refractivity contribution in [2.45, 2.75) is 6.54 Å². The zero-order chi connectivity index (χ0) is 14.1. The summed E-state index contributed by atoms with van der Waals surface area (Å²) in [6.45, 7) is 1.94. The topological polar surface area (TPSA) is 66.8 Å². The molecule has 0 spiro atoms. The molecule has 2 rings (SSSR count). The normalized spacial score (nSPS) is 20.3. The molecule has 1 saturated heterocycles. The maximum atomic E-state index is 12.2. The van der Waals surface area contributed by atoms with Crippen LogP contribution in [0.15, 0.2) is 15.9 Å². The van der Waals surface area contributed by atoms with Gasteiger partial charge in [0.15, 0.2) is 0 Å². The Balaban J connectivity index is 2.00. The fraction of sp³-hybridized carbons (Fsp3) is 0.600. The molecule has 1 aromatic rings. The van der Waals surface area contributed by atoms with Crippen molar-refractivity contribution in [3.63, 3.8) is 0 Å². The second-order valence-electron chi connectivity index (χ2n) is 4.47. The number of halogens is 1. The summed E-state index contributed by atoms with van der Waals surface area (Å²) in [6, 6.07) is 3.83. The molecule has 0 N–H and O–H groups in total. The van der Waals surface area contributed by atoms with Crippen molar-refractivity contribution < 1.29 is 12.6 Å². The fourth-order valence-corrected chi connectivity index (χ4v) is 6.89. The molecule has 0 aliphatic carbocycles. The lowest BCUT2D eigenvalue weighted by atomic mass is 10.4. The Morgan fingerprint density at radius 1 is 1.42 bits per heavy atom. The van der Waals surface area contributed by atoms with Crippen LogP contribution in [-0.2, 0) is 26.3 Å². The Hall–Kier alpha value is -0.150. The van der Waals surface area contributed by atoms with Crippen LogP contribution in [0.4, 0.5) is 0 Å². The summed E-state index contributed by atoms with van der Waals surface area (Å²) >= 11 is 7.39. The van der Waals surface area contributed by atoms with E-state index in [-0.39, 0.29) is 0 Å². The van der Waals surface area contributed by atoms with E-state index >= 15 is 0 Å². The van der Waals surface area contributed by atoms with Crippen molar-refractivity contribution in [1.29, 1.82) is 0 Å². The summed E-state index contributed by atoms with van der Waals surface area (Å²) in [4.78, 5) is 3.29. The Morgan fingerprint density at radius 3 is 2.53 bits per heavy atom. The Bertz CT molecular complexity index is 660. The minimum atomic E-state index is -3.54. The zero-order valence-corrected chi connectivity index (χ0v) is 13.6. The van der Waals surface area contributed by atoms with Crippen molar-refractivity contribution in [3.8, 4) is 0 Å². The summed E-state index contributed by atoms with van der Waals surface area (Å²) in [7, 11) is -6.13. The first-order chi connectivity index (χ1) is 8.76. The maximum absolute atomic E-state index is 12.2. The number of nitrogens with zero attached hydrogens (tertiary/aromatic N) is 2. The van der Waals surface area contributed by atoms with Crippen molar-refractivity contribution in [2.24, 2.45) is 3.77 Å². The van der Waals surface area contributed by atoms with Crippen molar-refractivity contribution >= 4 is 42.7 Å². The minimum absolute atomic E-state index is 0.305. The highest BCUT2D eigenvalue weighted by Crippen LogP contribution is 2.23. The molecular formula is C10H15ClN2O3S3. The lowest BCUT2D eigenvalue weighted by molar-refractivity contribution is 0.293. The van der Waals surface area contributed by atoms with Gasteiger partial charge in [-0.25, -0.2) is 12.6 Å². The predicted octanol–water partition coefficient (Wildman–Crippen LogP) is 1.64. The Labute approximate surface area is 122 Å². The van der Waals surface area contributed by atoms with E-state index in [0.717, 1.165) is 22.0 Å². The first-order valence-electron chi connectivity index (χ1n) is 5.66. The van der Waals surface area contributed by atoms with Crippen LogP contribution in [0, 0.1) is 0 Å². The monoisotopic (exact) mass is 342 g/mol. The van der Waals surface area contributed by atoms with E-state index in [2.05, 4.69) is 8.67 Å². The number of hydrogen-bond acceptors (Lipinski definition) is 5. The Morgan fingerprint density at radius 2 is 2.05 bits per heavy atom. The zero-order valence-electron chi connectivity index (χ0n) is 10.4. The van der Waals surface area contributed by atoms with Gasteiger partial charge < -0.3 is 0 Å². The second kappa shape index (κ2) is 5.69. The van der Waals surface area contributed by atoms with Gasteiger partial charge in [-0.2, -0.15) is 0 Å². The van der Waals surface area contributed by atoms with Gasteiger partial charge in [0.1, 0.15) is 0 Å². The molecule has 19 heavy (non-hydrogen) atoms. The van der Waals surface area contributed by atoms with Crippen molar-refractivity contribution in [3.05, 3.63) is 21.3 Å². The smallest absolute Gasteiger partial charge is 0.257 e. The minimum Gasteiger partial charge on any atom is -0.296 e. The van der Waals surface area contributed by atoms with Crippen molar-refractivity contribution in [2.75, 3.05) is 30.9 Å². The van der Waals surface area contributed by atoms with Gasteiger partial charge in [0.05, 0.1) is 20.3 Å². The summed E-state index contributed by atoms with van der Waals surface area (Å²) in [5.74, 6) is 0.609. The molecule has 1 aromatic heterocycles. The molecule has 108 valence electrons. The molecular weight excluding hydrogens is 328 g/mol. The largest absolute Gasteiger partial charge is 0.296 e. The van der Waals surface area contributed by atoms with E-state index < -0.39 is 19.8 Å². The van der Waals surface area contributed by atoms with Crippen LogP contribution in [0.3, 0.4) is 0 Å². The second-order valence-corrected chi connectivity index (χ2v) is 10.7. The molecule has 1 fully saturated rings. The lowest BCUT2D eigenvalue weighted by Gasteiger charge is -2.27. The lowest BCUT2D eigenvalue weighted by Crippen LogP contribution is -2.39. The van der Waals surface area contributed by atoms with E-state index in [1.54, 1.807) is 0 Å². The van der Waals surface area contributed by atoms with Crippen LogP contribution in [0.5, 0.6) is 0 Å². The van der Waals surface area contributed by atoms with Gasteiger partial charge in [-0.05, 0) is 12.1 Å². The molecule has 0 saturated carbocycles. The van der Waals surface area contributed by atoms with Gasteiger partial charge in [-0.15, -0.1) is 15.1 Å². The number of thiophene rings is 1. The summed E-state index contributed by atoms with van der Waals surface area (Å²) in [5, 5.41) is 0. The van der Waals surface area contributed by atoms with E-state index in [4.69, 9.17) is 11.6 Å². The van der Waals surface area contributed by atoms with Crippen LogP contribution in [-0.4, -0.2) is 48.4 Å². The van der Waals surface area contributed by atoms with Crippen LogP contribution >= 0.6 is 22.9 Å². The third-order valence-corrected chi connectivity index (χ3v) is 7.76. The van der Waals surface area contributed by atoms with E-state index in [1.165, 1.54) is 11.3 Å². The van der Waals surface area contributed by atoms with E-state index in [1.807, 2.05) is 12.1 Å². The fourth-order valence-electron chi connectivity index (χ4n) is 1.89. The average Bonchev–Trinajstić information content (AvgIpc) is 2.65. The Kier molecular flexibility index (Phi) is 4.56. The van der Waals surface area contributed by atoms with Gasteiger partial charge in [0.2, 0.25) is 0 Å². The molecule has 1 aliphatic rings. The average molecular weight is 343 g/mol. The maximum Gasteiger partial charge on any atom is 0.257 e. The van der Waals surface area contributed by atoms with Crippen LogP contribution in [0.25, 0.3) is 0 Å². The quantitative estimate of drug-likeness (QED) is 0.837. The summed E-state index contributed by atoms with van der Waals surface area (Å²) in [5.41, 5.74) is 0. The third-order valence-electron chi connectivity index (χ3n) is 2.73. The SMILES string of the molecule is CS(=O)(=O)N=S1(=O)CCN(Cc2ccc(Cl)s2)CC1. The number of sulfonamides is 1. The molecule has 0 unspecified atom stereocenters. The molecule has 9 heteroatoms. The van der Waals surface area contributed by atoms with Gasteiger partial charge in [0, 0.05) is 36.0 Å². The first-order valence-corrected chi connectivity index (χ1v) is 10.6. The van der Waals surface area contributed by atoms with E-state index in [9.17, 15) is 12.6 Å². The predicted molar refractivity (Wildman–Crippen MR) is 79.8 cm³/mol. The highest BCUT2D eigenvalue weighted by Gasteiger charge is 2.22. The van der Waals surface area contributed by atoms with Crippen LogP contribution in [0.1, 0.15) is 4.88 Å². The number of rotatable bonds is 3. The molecule has 5 nitrogen and oxygen atoms in total. The highest BCUT2D eigenvalue weighted by atomic mass is 35.5. The van der Waals surface area contributed by atoms with Gasteiger partial charge >= 0.3 is 0 Å².